The lowest BCUT2D eigenvalue weighted by Gasteiger charge is -2.39. The Hall–Kier alpha value is -6.92. The minimum Gasteiger partial charge on any atom is -0.497 e. The van der Waals surface area contributed by atoms with Crippen LogP contribution in [0.25, 0.3) is 16.5 Å². The van der Waals surface area contributed by atoms with Gasteiger partial charge in [-0.3, -0.25) is 23.9 Å². The molecule has 0 aliphatic carbocycles. The Balaban J connectivity index is 0.906. The number of nitrogens with zero attached hydrogens (tertiary/aromatic N) is 5. The number of rotatable bonds is 10. The van der Waals surface area contributed by atoms with Crippen LogP contribution in [0.1, 0.15) is 115 Å². The molecule has 5 aliphatic rings. The molecule has 5 aromatic carbocycles. The van der Waals surface area contributed by atoms with Crippen LogP contribution in [-0.4, -0.2) is 96.1 Å². The van der Waals surface area contributed by atoms with Crippen LogP contribution in [0.3, 0.4) is 0 Å². The molecule has 0 unspecified atom stereocenters. The Bertz CT molecular complexity index is 3310. The number of aromatic carboxylic acids is 1. The molecule has 1 N–H and O–H groups in total. The second kappa shape index (κ2) is 18.4. The first kappa shape index (κ1) is 45.5. The number of amides is 2. The normalized spacial score (nSPS) is 15.9. The van der Waals surface area contributed by atoms with Crippen molar-refractivity contribution in [1.29, 1.82) is 0 Å². The molecule has 5 aliphatic heterocycles. The summed E-state index contributed by atoms with van der Waals surface area (Å²) in [6.07, 6.45) is 8.61. The van der Waals surface area contributed by atoms with Crippen molar-refractivity contribution in [2.45, 2.75) is 78.1 Å². The molecular weight excluding hydrogens is 902 g/mol. The number of ether oxygens (including phenoxy) is 2. The molecule has 1 fully saturated rings. The fraction of sp³-hybridized carbons (Fsp3) is 0.351. The van der Waals surface area contributed by atoms with Crippen LogP contribution < -0.4 is 24.9 Å². The first-order chi connectivity index (χ1) is 34.0. The van der Waals surface area contributed by atoms with Crippen LogP contribution in [0.4, 0.5) is 5.69 Å². The highest BCUT2D eigenvalue weighted by atomic mass is 35.5. The smallest absolute Gasteiger partial charge is 0.336 e. The van der Waals surface area contributed by atoms with Crippen molar-refractivity contribution in [2.75, 3.05) is 57.8 Å². The van der Waals surface area contributed by atoms with E-state index in [1.54, 1.807) is 57.9 Å². The summed E-state index contributed by atoms with van der Waals surface area (Å²) in [5, 5.41) is 14.3. The average molecular weight is 959 g/mol. The summed E-state index contributed by atoms with van der Waals surface area (Å²) in [4.78, 5) is 67.0. The zero-order valence-electron chi connectivity index (χ0n) is 40.0. The van der Waals surface area contributed by atoms with Crippen molar-refractivity contribution in [3.8, 4) is 17.2 Å². The minimum atomic E-state index is -1.11. The number of hydrogen-bond donors (Lipinski definition) is 1. The monoisotopic (exact) mass is 957 g/mol. The third-order valence-electron chi connectivity index (χ3n) is 15.1. The van der Waals surface area contributed by atoms with E-state index < -0.39 is 5.97 Å². The fourth-order valence-corrected chi connectivity index (χ4v) is 11.8. The molecule has 70 heavy (non-hydrogen) atoms. The molecule has 1 saturated heterocycles. The Kier molecular flexibility index (Phi) is 12.0. The number of benzene rings is 5. The number of carbonyl (C=O) groups is 4. The average Bonchev–Trinajstić information content (AvgIpc) is 3.66. The predicted octanol–water partition coefficient (Wildman–Crippen LogP) is 8.49. The zero-order valence-corrected chi connectivity index (χ0v) is 40.7. The lowest BCUT2D eigenvalue weighted by molar-refractivity contribution is -0.131. The van der Waals surface area contributed by atoms with Gasteiger partial charge in [0.1, 0.15) is 17.2 Å². The number of unbranched alkanes of at least 4 members (excludes halogenated alkanes) is 1. The van der Waals surface area contributed by atoms with Crippen LogP contribution in [0, 0.1) is 6.92 Å². The van der Waals surface area contributed by atoms with E-state index in [1.165, 1.54) is 22.9 Å². The summed E-state index contributed by atoms with van der Waals surface area (Å²) in [6, 6.07) is 21.8. The van der Waals surface area contributed by atoms with E-state index in [1.807, 2.05) is 25.1 Å². The molecule has 0 spiro atoms. The molecule has 1 aromatic heterocycles. The van der Waals surface area contributed by atoms with Crippen molar-refractivity contribution in [3.63, 3.8) is 0 Å². The highest BCUT2D eigenvalue weighted by molar-refractivity contribution is 6.30. The van der Waals surface area contributed by atoms with Gasteiger partial charge in [-0.1, -0.05) is 31.0 Å². The molecule has 0 atom stereocenters. The van der Waals surface area contributed by atoms with Gasteiger partial charge >= 0.3 is 5.97 Å². The van der Waals surface area contributed by atoms with Crippen LogP contribution in [0.15, 0.2) is 77.8 Å². The van der Waals surface area contributed by atoms with Gasteiger partial charge in [0.25, 0.3) is 11.8 Å². The molecule has 6 aromatic rings. The summed E-state index contributed by atoms with van der Waals surface area (Å²) in [7, 11) is 1.58. The summed E-state index contributed by atoms with van der Waals surface area (Å²) in [5.41, 5.74) is 11.2. The molecule has 12 nitrogen and oxygen atoms in total. The van der Waals surface area contributed by atoms with Gasteiger partial charge in [-0.15, -0.1) is 0 Å². The van der Waals surface area contributed by atoms with Crippen molar-refractivity contribution >= 4 is 57.5 Å². The van der Waals surface area contributed by atoms with E-state index in [0.717, 1.165) is 133 Å². The zero-order chi connectivity index (χ0) is 48.4. The van der Waals surface area contributed by atoms with Gasteiger partial charge in [0.2, 0.25) is 5.91 Å². The van der Waals surface area contributed by atoms with Gasteiger partial charge in [0.15, 0.2) is 0 Å². The molecule has 358 valence electrons. The molecule has 13 heteroatoms. The third-order valence-corrected chi connectivity index (χ3v) is 15.4. The van der Waals surface area contributed by atoms with Crippen molar-refractivity contribution < 1.29 is 33.8 Å². The van der Waals surface area contributed by atoms with E-state index in [4.69, 9.17) is 26.1 Å². The number of aromatic nitrogens is 1. The number of carboxylic acid groups (broad SMARTS) is 1. The third kappa shape index (κ3) is 7.80. The Morgan fingerprint density at radius 1 is 0.786 bits per heavy atom. The predicted molar refractivity (Wildman–Crippen MR) is 270 cm³/mol. The van der Waals surface area contributed by atoms with Gasteiger partial charge in [-0.05, 0) is 147 Å². The first-order valence-electron chi connectivity index (χ1n) is 24.8. The maximum absolute atomic E-state index is 14.4. The number of fused-ring (bicyclic) bond motifs is 6. The number of piperazine rings is 1. The SMILES string of the molecule is CCCCc1cc2c(c3c1=NCCC3)Oc1c(cc3c4c1CCCN4CCC3)C=2c1ccc(C(=O)N2CCN(C(=O)Cc3c(C)n(C(=O)c4ccc(Cl)cc4)c4ccc(OC)cc34)CC2)cc1C(=O)O. The van der Waals surface area contributed by atoms with Crippen LogP contribution in [-0.2, 0) is 36.9 Å². The number of aryl methyl sites for hydroxylation is 2. The summed E-state index contributed by atoms with van der Waals surface area (Å²) < 4.78 is 14.3. The van der Waals surface area contributed by atoms with Gasteiger partial charge < -0.3 is 29.3 Å². The maximum Gasteiger partial charge on any atom is 0.336 e. The van der Waals surface area contributed by atoms with Gasteiger partial charge in [-0.2, -0.15) is 0 Å². The van der Waals surface area contributed by atoms with Crippen molar-refractivity contribution in [2.24, 2.45) is 4.99 Å². The lowest BCUT2D eigenvalue weighted by atomic mass is 9.81. The lowest BCUT2D eigenvalue weighted by Crippen LogP contribution is -2.51. The number of methoxy groups -OCH3 is 1. The molecule has 0 saturated carbocycles. The highest BCUT2D eigenvalue weighted by Crippen LogP contribution is 2.49. The molecule has 2 amide bonds. The molecule has 6 heterocycles. The standard InChI is InChI=1S/C57H56ClN5O7/c1-4-5-9-35-28-46-50(47-29-36-10-7-22-61-23-8-12-42(52(36)61)54(47)70-53(46)41-11-6-21-59-51(35)41)40-19-15-37(30-45(40)57(67)68)55(65)62-26-24-60(25-27-62)49(64)32-43-33(2)63(48-20-18-39(69-3)31-44(43)48)56(66)34-13-16-38(58)17-14-34/h13-20,28-31H,4-12,21-27,32H2,1-3H3,(H,67,68). The molecule has 0 radical (unpaired) electrons. The Labute approximate surface area is 411 Å². The van der Waals surface area contributed by atoms with E-state index >= 15 is 0 Å². The second-order valence-corrected chi connectivity index (χ2v) is 19.7. The number of anilines is 1. The van der Waals surface area contributed by atoms with E-state index in [-0.39, 0.29) is 48.4 Å². The Morgan fingerprint density at radius 2 is 1.53 bits per heavy atom. The summed E-state index contributed by atoms with van der Waals surface area (Å²) >= 11 is 6.13. The number of carbonyl (C=O) groups excluding carboxylic acids is 3. The van der Waals surface area contributed by atoms with Gasteiger partial charge in [-0.25, -0.2) is 4.79 Å². The highest BCUT2D eigenvalue weighted by Gasteiger charge is 2.36. The fourth-order valence-electron chi connectivity index (χ4n) is 11.7. The van der Waals surface area contributed by atoms with E-state index in [9.17, 15) is 24.3 Å². The topological polar surface area (TPSA) is 134 Å². The van der Waals surface area contributed by atoms with Crippen LogP contribution in [0.2, 0.25) is 5.02 Å². The van der Waals surface area contributed by atoms with Gasteiger partial charge in [0.05, 0.1) is 30.0 Å². The Morgan fingerprint density at radius 3 is 2.29 bits per heavy atom. The van der Waals surface area contributed by atoms with E-state index in [0.29, 0.717) is 46.2 Å². The first-order valence-corrected chi connectivity index (χ1v) is 25.2. The van der Waals surface area contributed by atoms with Crippen LogP contribution >= 0.6 is 11.6 Å². The quantitative estimate of drug-likeness (QED) is 0.144. The second-order valence-electron chi connectivity index (χ2n) is 19.2. The molecule has 0 bridgehead atoms. The maximum atomic E-state index is 14.4. The molecular formula is C57H56ClN5O7. The van der Waals surface area contributed by atoms with Gasteiger partial charge in [0, 0.05) is 106 Å². The van der Waals surface area contributed by atoms with E-state index in [2.05, 4.69) is 24.0 Å². The molecule has 11 rings (SSSR count). The number of carboxylic acids is 1. The van der Waals surface area contributed by atoms with Crippen molar-refractivity contribution in [1.82, 2.24) is 14.4 Å². The number of hydrogen-bond acceptors (Lipinski definition) is 8. The summed E-state index contributed by atoms with van der Waals surface area (Å²) in [6.45, 7) is 7.98. The van der Waals surface area contributed by atoms with Crippen molar-refractivity contribution in [3.05, 3.63) is 150 Å². The minimum absolute atomic E-state index is 0.0458. The largest absolute Gasteiger partial charge is 0.497 e. The summed E-state index contributed by atoms with van der Waals surface area (Å²) in [5.74, 6) is 0.437. The van der Waals surface area contributed by atoms with Crippen LogP contribution in [0.5, 0.6) is 17.2 Å². The number of halogens is 1.